The average molecular weight is 503 g/mol. The molecule has 1 N–H and O–H groups in total. The van der Waals surface area contributed by atoms with E-state index in [9.17, 15) is 9.50 Å². The highest BCUT2D eigenvalue weighted by Gasteiger charge is 2.34. The number of phenols is 1. The number of nitrogens with zero attached hydrogens (tertiary/aromatic N) is 2. The van der Waals surface area contributed by atoms with Crippen molar-refractivity contribution >= 4 is 5.69 Å². The lowest BCUT2D eigenvalue weighted by Crippen LogP contribution is -2.38. The van der Waals surface area contributed by atoms with Crippen LogP contribution in [0.25, 0.3) is 0 Å². The Morgan fingerprint density at radius 1 is 0.946 bits per heavy atom. The summed E-state index contributed by atoms with van der Waals surface area (Å²) in [6, 6.07) is 19.8. The van der Waals surface area contributed by atoms with Gasteiger partial charge >= 0.3 is 0 Å². The van der Waals surface area contributed by atoms with Crippen LogP contribution in [0, 0.1) is 18.7 Å². The third-order valence-corrected chi connectivity index (χ3v) is 8.41. The van der Waals surface area contributed by atoms with E-state index >= 15 is 0 Å². The maximum absolute atomic E-state index is 14.0. The molecule has 2 heterocycles. The molecule has 1 saturated heterocycles. The maximum atomic E-state index is 14.0. The van der Waals surface area contributed by atoms with Crippen molar-refractivity contribution in [3.63, 3.8) is 0 Å². The Kier molecular flexibility index (Phi) is 7.71. The average Bonchev–Trinajstić information content (AvgIpc) is 2.93. The molecule has 5 rings (SSSR count). The van der Waals surface area contributed by atoms with Gasteiger partial charge in [-0.25, -0.2) is 4.39 Å². The summed E-state index contributed by atoms with van der Waals surface area (Å²) in [5, 5.41) is 10.0. The number of aromatic hydroxyl groups is 1. The van der Waals surface area contributed by atoms with Gasteiger partial charge in [-0.3, -0.25) is 0 Å². The van der Waals surface area contributed by atoms with Gasteiger partial charge in [0.15, 0.2) is 0 Å². The lowest BCUT2D eigenvalue weighted by atomic mass is 9.75. The Balaban J connectivity index is 1.38. The van der Waals surface area contributed by atoms with Gasteiger partial charge in [0, 0.05) is 48.8 Å². The molecule has 5 heteroatoms. The molecule has 37 heavy (non-hydrogen) atoms. The highest BCUT2D eigenvalue weighted by Crippen LogP contribution is 2.47. The molecule has 0 amide bonds. The van der Waals surface area contributed by atoms with Crippen LogP contribution in [0.3, 0.4) is 0 Å². The number of phenolic OH excluding ortho intramolecular Hbond substituents is 1. The summed E-state index contributed by atoms with van der Waals surface area (Å²) in [7, 11) is 0. The first kappa shape index (κ1) is 25.6. The smallest absolute Gasteiger partial charge is 0.126 e. The topological polar surface area (TPSA) is 35.9 Å². The van der Waals surface area contributed by atoms with E-state index in [1.165, 1.54) is 30.6 Å². The molecule has 0 spiro atoms. The quantitative estimate of drug-likeness (QED) is 0.390. The van der Waals surface area contributed by atoms with Gasteiger partial charge in [0.05, 0.1) is 6.61 Å². The number of halogens is 1. The molecule has 2 atom stereocenters. The minimum atomic E-state index is -0.187. The van der Waals surface area contributed by atoms with Crippen molar-refractivity contribution in [3.8, 4) is 11.5 Å². The van der Waals surface area contributed by atoms with Crippen LogP contribution in [-0.4, -0.2) is 49.3 Å². The van der Waals surface area contributed by atoms with Crippen molar-refractivity contribution in [1.29, 1.82) is 0 Å². The van der Waals surface area contributed by atoms with Gasteiger partial charge in [-0.15, -0.1) is 0 Å². The van der Waals surface area contributed by atoms with Crippen molar-refractivity contribution in [2.24, 2.45) is 5.92 Å². The number of anilines is 1. The van der Waals surface area contributed by atoms with Crippen molar-refractivity contribution in [2.45, 2.75) is 45.4 Å². The molecule has 2 aliphatic rings. The first-order chi connectivity index (χ1) is 18.0. The number of piperidine rings is 1. The fourth-order valence-electron chi connectivity index (χ4n) is 6.11. The van der Waals surface area contributed by atoms with Crippen LogP contribution in [-0.2, 0) is 0 Å². The Hall–Kier alpha value is -3.05. The molecule has 0 radical (unpaired) electrons. The Morgan fingerprint density at radius 2 is 1.65 bits per heavy atom. The second-order valence-electron chi connectivity index (χ2n) is 10.6. The van der Waals surface area contributed by atoms with E-state index in [1.54, 1.807) is 18.2 Å². The highest BCUT2D eigenvalue weighted by atomic mass is 19.1. The van der Waals surface area contributed by atoms with Crippen molar-refractivity contribution in [2.75, 3.05) is 44.2 Å². The predicted molar refractivity (Wildman–Crippen MR) is 148 cm³/mol. The lowest BCUT2D eigenvalue weighted by molar-refractivity contribution is 0.229. The molecule has 196 valence electrons. The summed E-state index contributed by atoms with van der Waals surface area (Å²) in [4.78, 5) is 5.05. The van der Waals surface area contributed by atoms with Crippen LogP contribution in [0.2, 0.25) is 0 Å². The fraction of sp³-hybridized carbons (Fsp3) is 0.438. The maximum Gasteiger partial charge on any atom is 0.126 e. The summed E-state index contributed by atoms with van der Waals surface area (Å²) < 4.78 is 20.1. The Morgan fingerprint density at radius 3 is 2.32 bits per heavy atom. The van der Waals surface area contributed by atoms with Gasteiger partial charge in [-0.05, 0) is 79.7 Å². The zero-order valence-electron chi connectivity index (χ0n) is 22.3. The summed E-state index contributed by atoms with van der Waals surface area (Å²) in [5.74, 6) is 1.63. The van der Waals surface area contributed by atoms with E-state index in [0.29, 0.717) is 12.2 Å². The number of fused-ring (bicyclic) bond motifs is 1. The number of rotatable bonds is 7. The fourth-order valence-corrected chi connectivity index (χ4v) is 6.11. The first-order valence-electron chi connectivity index (χ1n) is 13.8. The molecular weight excluding hydrogens is 463 g/mol. The SMILES string of the molecule is CCN(CC)CC1CCN(c2ccc([C@@H]3c4ccc(O)cc4OCC3c3ccc(F)c(C)c3)cc2)CC1. The zero-order chi connectivity index (χ0) is 25.9. The Labute approximate surface area is 220 Å². The van der Waals surface area contributed by atoms with Crippen molar-refractivity contribution in [3.05, 3.63) is 88.7 Å². The standard InChI is InChI=1S/C32H39FN2O2/c1-4-34(5-2)20-23-14-16-35(17-15-23)26-9-6-24(7-10-26)32-28-12-11-27(36)19-31(28)37-21-29(32)25-8-13-30(33)22(3)18-25/h6-13,18-19,23,29,32,36H,4-5,14-17,20-21H2,1-3H3/t29?,32-/m1/s1. The molecule has 0 saturated carbocycles. The summed E-state index contributed by atoms with van der Waals surface area (Å²) in [6.07, 6.45) is 2.47. The van der Waals surface area contributed by atoms with E-state index in [4.69, 9.17) is 4.74 Å². The minimum Gasteiger partial charge on any atom is -0.508 e. The van der Waals surface area contributed by atoms with Gasteiger partial charge < -0.3 is 19.6 Å². The molecule has 0 aliphatic carbocycles. The summed E-state index contributed by atoms with van der Waals surface area (Å²) in [5.41, 5.74) is 5.26. The van der Waals surface area contributed by atoms with Gasteiger partial charge in [-0.2, -0.15) is 0 Å². The third kappa shape index (κ3) is 5.47. The van der Waals surface area contributed by atoms with E-state index in [1.807, 2.05) is 25.1 Å². The monoisotopic (exact) mass is 502 g/mol. The van der Waals surface area contributed by atoms with E-state index in [-0.39, 0.29) is 23.4 Å². The van der Waals surface area contributed by atoms with Gasteiger partial charge in [0.2, 0.25) is 0 Å². The van der Waals surface area contributed by atoms with E-state index < -0.39 is 0 Å². The van der Waals surface area contributed by atoms with Crippen LogP contribution in [0.4, 0.5) is 10.1 Å². The van der Waals surface area contributed by atoms with Gasteiger partial charge in [0.25, 0.3) is 0 Å². The number of ether oxygens (including phenoxy) is 1. The predicted octanol–water partition coefficient (Wildman–Crippen LogP) is 6.71. The van der Waals surface area contributed by atoms with E-state index in [0.717, 1.165) is 49.0 Å². The summed E-state index contributed by atoms with van der Waals surface area (Å²) in [6.45, 7) is 12.5. The Bertz CT molecular complexity index is 1200. The molecular formula is C32H39FN2O2. The van der Waals surface area contributed by atoms with Crippen molar-refractivity contribution in [1.82, 2.24) is 4.90 Å². The largest absolute Gasteiger partial charge is 0.508 e. The van der Waals surface area contributed by atoms with E-state index in [2.05, 4.69) is 47.9 Å². The van der Waals surface area contributed by atoms with Crippen LogP contribution in [0.15, 0.2) is 60.7 Å². The van der Waals surface area contributed by atoms with Crippen LogP contribution in [0.5, 0.6) is 11.5 Å². The normalized spacial score (nSPS) is 20.1. The van der Waals surface area contributed by atoms with Crippen LogP contribution in [0.1, 0.15) is 60.8 Å². The van der Waals surface area contributed by atoms with Crippen LogP contribution < -0.4 is 9.64 Å². The number of benzene rings is 3. The number of hydrogen-bond donors (Lipinski definition) is 1. The van der Waals surface area contributed by atoms with Crippen molar-refractivity contribution < 1.29 is 14.2 Å². The molecule has 0 aromatic heterocycles. The molecule has 3 aromatic rings. The number of hydrogen-bond acceptors (Lipinski definition) is 4. The van der Waals surface area contributed by atoms with Gasteiger partial charge in [-0.1, -0.05) is 44.2 Å². The molecule has 4 nitrogen and oxygen atoms in total. The summed E-state index contributed by atoms with van der Waals surface area (Å²) >= 11 is 0. The second-order valence-corrected chi connectivity index (χ2v) is 10.6. The molecule has 2 aliphatic heterocycles. The minimum absolute atomic E-state index is 0.0537. The molecule has 3 aromatic carbocycles. The second kappa shape index (κ2) is 11.1. The highest BCUT2D eigenvalue weighted by molar-refractivity contribution is 5.54. The van der Waals surface area contributed by atoms with Crippen LogP contribution >= 0.6 is 0 Å². The lowest BCUT2D eigenvalue weighted by Gasteiger charge is -2.36. The molecule has 0 bridgehead atoms. The van der Waals surface area contributed by atoms with Gasteiger partial charge in [0.1, 0.15) is 17.3 Å². The molecule has 1 fully saturated rings. The first-order valence-corrected chi connectivity index (χ1v) is 13.8. The molecule has 1 unspecified atom stereocenters. The third-order valence-electron chi connectivity index (χ3n) is 8.41. The zero-order valence-corrected chi connectivity index (χ0v) is 22.3. The number of aryl methyl sites for hydroxylation is 1.